The van der Waals surface area contributed by atoms with Crippen LogP contribution >= 0.6 is 0 Å². The highest BCUT2D eigenvalue weighted by Crippen LogP contribution is 2.17. The third kappa shape index (κ3) is 8.06. The van der Waals surface area contributed by atoms with E-state index in [2.05, 4.69) is 51.6 Å². The molecule has 2 atom stereocenters. The van der Waals surface area contributed by atoms with Crippen LogP contribution in [0.15, 0.2) is 24.3 Å². The Bertz CT molecular complexity index is 746. The molecule has 158 valence electrons. The van der Waals surface area contributed by atoms with Crippen molar-refractivity contribution >= 4 is 21.6 Å². The van der Waals surface area contributed by atoms with Gasteiger partial charge in [-0.05, 0) is 44.9 Å². The molecule has 1 aromatic carbocycles. The average molecular weight is 411 g/mol. The van der Waals surface area contributed by atoms with Crippen LogP contribution in [0.5, 0.6) is 0 Å². The van der Waals surface area contributed by atoms with Gasteiger partial charge in [0.15, 0.2) is 0 Å². The first-order valence-electron chi connectivity index (χ1n) is 9.91. The van der Waals surface area contributed by atoms with Gasteiger partial charge in [-0.25, -0.2) is 13.2 Å². The van der Waals surface area contributed by atoms with Gasteiger partial charge in [0.25, 0.3) is 0 Å². The Morgan fingerprint density at radius 1 is 1.11 bits per heavy atom. The van der Waals surface area contributed by atoms with Crippen LogP contribution in [0.1, 0.15) is 25.8 Å². The lowest BCUT2D eigenvalue weighted by Crippen LogP contribution is -2.49. The Morgan fingerprint density at radius 2 is 1.75 bits per heavy atom. The van der Waals surface area contributed by atoms with Gasteiger partial charge in [-0.15, -0.1) is 0 Å². The summed E-state index contributed by atoms with van der Waals surface area (Å²) in [4.78, 5) is 16.8. The number of sulfone groups is 1. The van der Waals surface area contributed by atoms with Crippen molar-refractivity contribution in [2.75, 3.05) is 49.6 Å². The number of carbonyl (C=O) groups excluding carboxylic acids is 1. The molecule has 0 spiro atoms. The number of piperazine rings is 1. The van der Waals surface area contributed by atoms with Gasteiger partial charge in [-0.2, -0.15) is 0 Å². The van der Waals surface area contributed by atoms with Crippen LogP contribution in [0.4, 0.5) is 10.5 Å². The molecule has 1 saturated heterocycles. The highest BCUT2D eigenvalue weighted by atomic mass is 32.2. The van der Waals surface area contributed by atoms with E-state index in [-0.39, 0.29) is 17.8 Å². The van der Waals surface area contributed by atoms with Gasteiger partial charge in [0.2, 0.25) is 0 Å². The Labute approximate surface area is 169 Å². The van der Waals surface area contributed by atoms with Gasteiger partial charge in [0.1, 0.15) is 9.84 Å². The van der Waals surface area contributed by atoms with Gasteiger partial charge in [0.05, 0.1) is 5.75 Å². The fourth-order valence-corrected chi connectivity index (χ4v) is 4.48. The summed E-state index contributed by atoms with van der Waals surface area (Å²) < 4.78 is 22.5. The zero-order chi connectivity index (χ0) is 20.7. The van der Waals surface area contributed by atoms with Gasteiger partial charge in [-0.3, -0.25) is 4.90 Å². The van der Waals surface area contributed by atoms with Crippen LogP contribution in [0.2, 0.25) is 0 Å². The summed E-state index contributed by atoms with van der Waals surface area (Å²) in [5.74, 6) is -0.0555. The minimum absolute atomic E-state index is 0.0280. The lowest BCUT2D eigenvalue weighted by molar-refractivity contribution is 0.226. The van der Waals surface area contributed by atoms with Crippen molar-refractivity contribution < 1.29 is 13.2 Å². The number of hydrogen-bond acceptors (Lipinski definition) is 5. The van der Waals surface area contributed by atoms with Gasteiger partial charge in [0, 0.05) is 56.8 Å². The summed E-state index contributed by atoms with van der Waals surface area (Å²) in [6.45, 7) is 10.8. The number of nitrogens with one attached hydrogen (secondary N) is 2. The zero-order valence-electron chi connectivity index (χ0n) is 17.4. The van der Waals surface area contributed by atoms with Crippen LogP contribution in [-0.4, -0.2) is 76.2 Å². The molecule has 2 unspecified atom stereocenters. The van der Waals surface area contributed by atoms with Crippen molar-refractivity contribution in [1.82, 2.24) is 15.5 Å². The summed E-state index contributed by atoms with van der Waals surface area (Å²) in [6.07, 6.45) is 2.03. The van der Waals surface area contributed by atoms with E-state index in [1.807, 2.05) is 6.92 Å². The molecule has 1 aliphatic heterocycles. The molecule has 1 heterocycles. The molecule has 0 radical (unpaired) electrons. The Morgan fingerprint density at radius 3 is 2.36 bits per heavy atom. The highest BCUT2D eigenvalue weighted by molar-refractivity contribution is 7.90. The van der Waals surface area contributed by atoms with E-state index < -0.39 is 15.9 Å². The highest BCUT2D eigenvalue weighted by Gasteiger charge is 2.19. The van der Waals surface area contributed by atoms with E-state index in [1.54, 1.807) is 6.92 Å². The van der Waals surface area contributed by atoms with Crippen LogP contribution in [0.25, 0.3) is 0 Å². The molecule has 28 heavy (non-hydrogen) atoms. The van der Waals surface area contributed by atoms with Crippen LogP contribution < -0.4 is 15.5 Å². The lowest BCUT2D eigenvalue weighted by Gasteiger charge is -2.36. The molecule has 0 saturated carbocycles. The SMILES string of the molecule is Cc1cccc(N2CCN(CCC(C)NC(=O)NC(C)CS(C)(=O)=O)CC2)c1. The van der Waals surface area contributed by atoms with Crippen LogP contribution in [0, 0.1) is 6.92 Å². The van der Waals surface area contributed by atoms with Gasteiger partial charge >= 0.3 is 6.03 Å². The second-order valence-corrected chi connectivity index (χ2v) is 10.2. The zero-order valence-corrected chi connectivity index (χ0v) is 18.3. The summed E-state index contributed by atoms with van der Waals surface area (Å²) in [5, 5.41) is 5.58. The van der Waals surface area contributed by atoms with E-state index in [0.29, 0.717) is 0 Å². The topological polar surface area (TPSA) is 81.8 Å². The van der Waals surface area contributed by atoms with Crippen molar-refractivity contribution in [1.29, 1.82) is 0 Å². The third-order valence-electron chi connectivity index (χ3n) is 4.93. The number of carbonyl (C=O) groups is 1. The second-order valence-electron chi connectivity index (χ2n) is 7.97. The summed E-state index contributed by atoms with van der Waals surface area (Å²) >= 11 is 0. The molecule has 2 amide bonds. The number of amides is 2. The Hall–Kier alpha value is -1.80. The maximum Gasteiger partial charge on any atom is 0.315 e. The number of rotatable bonds is 8. The van der Waals surface area contributed by atoms with Crippen LogP contribution in [0.3, 0.4) is 0 Å². The summed E-state index contributed by atoms with van der Waals surface area (Å²) in [7, 11) is -3.10. The normalized spacial score (nSPS) is 17.8. The summed E-state index contributed by atoms with van der Waals surface area (Å²) in [6, 6.07) is 7.92. The van der Waals surface area contributed by atoms with Crippen molar-refractivity contribution in [2.24, 2.45) is 0 Å². The van der Waals surface area contributed by atoms with E-state index >= 15 is 0 Å². The van der Waals surface area contributed by atoms with Crippen molar-refractivity contribution in [3.63, 3.8) is 0 Å². The molecule has 1 fully saturated rings. The van der Waals surface area contributed by atoms with E-state index in [4.69, 9.17) is 0 Å². The molecule has 2 N–H and O–H groups in total. The van der Waals surface area contributed by atoms with E-state index in [9.17, 15) is 13.2 Å². The predicted octanol–water partition coefficient (Wildman–Crippen LogP) is 1.63. The first-order valence-corrected chi connectivity index (χ1v) is 12.0. The predicted molar refractivity (Wildman–Crippen MR) is 115 cm³/mol. The van der Waals surface area contributed by atoms with Gasteiger partial charge < -0.3 is 15.5 Å². The maximum atomic E-state index is 12.0. The standard InChI is InChI=1S/C20H34N4O3S/c1-16-6-5-7-19(14-16)24-12-10-23(11-13-24)9-8-17(2)21-20(25)22-18(3)15-28(4,26)27/h5-7,14,17-18H,8-13,15H2,1-4H3,(H2,21,22,25). The van der Waals surface area contributed by atoms with Crippen molar-refractivity contribution in [2.45, 2.75) is 39.3 Å². The first-order chi connectivity index (χ1) is 13.1. The summed E-state index contributed by atoms with van der Waals surface area (Å²) in [5.41, 5.74) is 2.57. The molecule has 2 rings (SSSR count). The number of urea groups is 1. The quantitative estimate of drug-likeness (QED) is 0.681. The molecule has 7 nitrogen and oxygen atoms in total. The van der Waals surface area contributed by atoms with Crippen molar-refractivity contribution in [3.8, 4) is 0 Å². The number of aryl methyl sites for hydroxylation is 1. The monoisotopic (exact) mass is 410 g/mol. The first kappa shape index (κ1) is 22.5. The number of hydrogen-bond donors (Lipinski definition) is 2. The van der Waals surface area contributed by atoms with E-state index in [0.717, 1.165) is 39.1 Å². The maximum absolute atomic E-state index is 12.0. The molecule has 0 bridgehead atoms. The molecule has 0 aliphatic carbocycles. The molecule has 8 heteroatoms. The fourth-order valence-electron chi connectivity index (χ4n) is 3.49. The van der Waals surface area contributed by atoms with Crippen LogP contribution in [-0.2, 0) is 9.84 Å². The number of anilines is 1. The minimum Gasteiger partial charge on any atom is -0.369 e. The molecule has 1 aromatic rings. The van der Waals surface area contributed by atoms with Crippen molar-refractivity contribution in [3.05, 3.63) is 29.8 Å². The fraction of sp³-hybridized carbons (Fsp3) is 0.650. The Kier molecular flexibility index (Phi) is 8.12. The molecule has 1 aliphatic rings. The third-order valence-corrected chi connectivity index (χ3v) is 6.03. The largest absolute Gasteiger partial charge is 0.369 e. The Balaban J connectivity index is 1.67. The minimum atomic E-state index is -3.10. The smallest absolute Gasteiger partial charge is 0.315 e. The second kappa shape index (κ2) is 10.1. The molecule has 0 aromatic heterocycles. The number of nitrogens with zero attached hydrogens (tertiary/aromatic N) is 2. The molecular weight excluding hydrogens is 376 g/mol. The number of benzene rings is 1. The van der Waals surface area contributed by atoms with E-state index in [1.165, 1.54) is 17.5 Å². The lowest BCUT2D eigenvalue weighted by atomic mass is 10.1. The average Bonchev–Trinajstić information content (AvgIpc) is 2.58. The van der Waals surface area contributed by atoms with Gasteiger partial charge in [-0.1, -0.05) is 12.1 Å². The molecular formula is C20H34N4O3S.